The van der Waals surface area contributed by atoms with Crippen molar-refractivity contribution in [3.05, 3.63) is 0 Å². The zero-order valence-corrected chi connectivity index (χ0v) is 6.71. The highest BCUT2D eigenvalue weighted by Gasteiger charge is 2.08. The van der Waals surface area contributed by atoms with Gasteiger partial charge in [-0.05, 0) is 12.3 Å². The monoisotopic (exact) mass is 144 g/mol. The average Bonchev–Trinajstić information content (AvgIpc) is 1.99. The van der Waals surface area contributed by atoms with Crippen molar-refractivity contribution in [1.82, 2.24) is 0 Å². The van der Waals surface area contributed by atoms with E-state index in [1.165, 1.54) is 0 Å². The van der Waals surface area contributed by atoms with Crippen molar-refractivity contribution in [2.24, 2.45) is 11.8 Å². The number of hydrogen-bond acceptors (Lipinski definition) is 2. The second kappa shape index (κ2) is 5.42. The molecule has 0 fully saturated rings. The minimum Gasteiger partial charge on any atom is -0.396 e. The molecule has 0 bridgehead atoms. The van der Waals surface area contributed by atoms with Crippen LogP contribution in [0.2, 0.25) is 0 Å². The van der Waals surface area contributed by atoms with Gasteiger partial charge in [0, 0.05) is 5.92 Å². The largest absolute Gasteiger partial charge is 0.396 e. The Morgan fingerprint density at radius 3 is 2.50 bits per heavy atom. The third kappa shape index (κ3) is 3.62. The summed E-state index contributed by atoms with van der Waals surface area (Å²) >= 11 is 0. The number of hydrogen-bond donors (Lipinski definition) is 1. The zero-order valence-electron chi connectivity index (χ0n) is 6.71. The van der Waals surface area contributed by atoms with Gasteiger partial charge in [0.05, 0.1) is 6.61 Å². The molecule has 2 nitrogen and oxygen atoms in total. The molecule has 0 aliphatic carbocycles. The Morgan fingerprint density at radius 2 is 2.20 bits per heavy atom. The molecule has 60 valence electrons. The van der Waals surface area contributed by atoms with Crippen LogP contribution in [0.25, 0.3) is 0 Å². The van der Waals surface area contributed by atoms with Gasteiger partial charge in [-0.2, -0.15) is 0 Å². The summed E-state index contributed by atoms with van der Waals surface area (Å²) in [6, 6.07) is 0. The molecule has 2 heteroatoms. The Hall–Kier alpha value is -0.370. The minimum absolute atomic E-state index is 0.00611. The molecule has 0 aliphatic heterocycles. The third-order valence-electron chi connectivity index (χ3n) is 1.83. The summed E-state index contributed by atoms with van der Waals surface area (Å²) in [5.74, 6) is 0.400. The molecule has 2 unspecified atom stereocenters. The molecular weight excluding hydrogens is 128 g/mol. The number of aliphatic hydroxyl groups is 1. The third-order valence-corrected chi connectivity index (χ3v) is 1.83. The van der Waals surface area contributed by atoms with E-state index < -0.39 is 0 Å². The number of carbonyl (C=O) groups is 1. The fraction of sp³-hybridized carbons (Fsp3) is 0.875. The van der Waals surface area contributed by atoms with Crippen molar-refractivity contribution < 1.29 is 9.90 Å². The molecule has 1 N–H and O–H groups in total. The molecule has 0 heterocycles. The summed E-state index contributed by atoms with van der Waals surface area (Å²) in [6.45, 7) is 4.17. The van der Waals surface area contributed by atoms with Gasteiger partial charge in [-0.25, -0.2) is 0 Å². The van der Waals surface area contributed by atoms with E-state index in [2.05, 4.69) is 13.8 Å². The maximum Gasteiger partial charge on any atom is 0.125 e. The van der Waals surface area contributed by atoms with Gasteiger partial charge in [0.15, 0.2) is 0 Å². The van der Waals surface area contributed by atoms with Gasteiger partial charge in [0.2, 0.25) is 0 Å². The Labute approximate surface area is 62.2 Å². The van der Waals surface area contributed by atoms with Gasteiger partial charge in [0.25, 0.3) is 0 Å². The van der Waals surface area contributed by atoms with Gasteiger partial charge in [-0.15, -0.1) is 0 Å². The first-order chi connectivity index (χ1) is 4.74. The van der Waals surface area contributed by atoms with Crippen molar-refractivity contribution in [3.63, 3.8) is 0 Å². The molecule has 0 saturated carbocycles. The SMILES string of the molecule is CCC(C)CC(C=O)CO. The summed E-state index contributed by atoms with van der Waals surface area (Å²) in [5, 5.41) is 8.64. The van der Waals surface area contributed by atoms with E-state index in [1.54, 1.807) is 0 Å². The van der Waals surface area contributed by atoms with E-state index in [0.717, 1.165) is 19.1 Å². The van der Waals surface area contributed by atoms with E-state index in [-0.39, 0.29) is 12.5 Å². The van der Waals surface area contributed by atoms with E-state index in [4.69, 9.17) is 5.11 Å². The zero-order chi connectivity index (χ0) is 7.98. The highest BCUT2D eigenvalue weighted by atomic mass is 16.3. The second-order valence-corrected chi connectivity index (χ2v) is 2.83. The van der Waals surface area contributed by atoms with Crippen LogP contribution in [0.15, 0.2) is 0 Å². The summed E-state index contributed by atoms with van der Waals surface area (Å²) in [6.07, 6.45) is 2.73. The molecule has 0 aromatic rings. The maximum atomic E-state index is 10.2. The first-order valence-electron chi connectivity index (χ1n) is 3.80. The number of aliphatic hydroxyl groups excluding tert-OH is 1. The Balaban J connectivity index is 3.51. The summed E-state index contributed by atoms with van der Waals surface area (Å²) in [7, 11) is 0. The minimum atomic E-state index is -0.144. The van der Waals surface area contributed by atoms with Crippen LogP contribution in [0.4, 0.5) is 0 Å². The van der Waals surface area contributed by atoms with Crippen LogP contribution in [-0.2, 0) is 4.79 Å². The highest BCUT2D eigenvalue weighted by molar-refractivity contribution is 5.53. The van der Waals surface area contributed by atoms with Gasteiger partial charge >= 0.3 is 0 Å². The fourth-order valence-electron chi connectivity index (χ4n) is 0.857. The quantitative estimate of drug-likeness (QED) is 0.589. The lowest BCUT2D eigenvalue weighted by Gasteiger charge is -2.11. The molecule has 10 heavy (non-hydrogen) atoms. The molecular formula is C8H16O2. The predicted molar refractivity (Wildman–Crippen MR) is 40.7 cm³/mol. The van der Waals surface area contributed by atoms with Crippen LogP contribution in [0.5, 0.6) is 0 Å². The van der Waals surface area contributed by atoms with E-state index >= 15 is 0 Å². The van der Waals surface area contributed by atoms with Gasteiger partial charge < -0.3 is 9.90 Å². The van der Waals surface area contributed by atoms with Gasteiger partial charge in [0.1, 0.15) is 6.29 Å². The summed E-state index contributed by atoms with van der Waals surface area (Å²) in [4.78, 5) is 10.2. The summed E-state index contributed by atoms with van der Waals surface area (Å²) < 4.78 is 0. The van der Waals surface area contributed by atoms with Crippen LogP contribution >= 0.6 is 0 Å². The van der Waals surface area contributed by atoms with E-state index in [9.17, 15) is 4.79 Å². The maximum absolute atomic E-state index is 10.2. The van der Waals surface area contributed by atoms with Crippen molar-refractivity contribution >= 4 is 6.29 Å². The van der Waals surface area contributed by atoms with Crippen LogP contribution < -0.4 is 0 Å². The molecule has 0 radical (unpaired) electrons. The molecule has 0 rings (SSSR count). The lowest BCUT2D eigenvalue weighted by atomic mass is 9.96. The van der Waals surface area contributed by atoms with Crippen molar-refractivity contribution in [3.8, 4) is 0 Å². The smallest absolute Gasteiger partial charge is 0.125 e. The van der Waals surface area contributed by atoms with E-state index in [1.807, 2.05) is 0 Å². The topological polar surface area (TPSA) is 37.3 Å². The predicted octanol–water partition coefficient (Wildman–Crippen LogP) is 1.23. The molecule has 0 aromatic carbocycles. The van der Waals surface area contributed by atoms with Crippen LogP contribution in [-0.4, -0.2) is 18.0 Å². The van der Waals surface area contributed by atoms with Crippen LogP contribution in [0.1, 0.15) is 26.7 Å². The molecule has 0 aliphatic rings. The molecule has 2 atom stereocenters. The Bertz CT molecular complexity index is 91.3. The van der Waals surface area contributed by atoms with Crippen molar-refractivity contribution in [2.45, 2.75) is 26.7 Å². The first kappa shape index (κ1) is 9.63. The Kier molecular flexibility index (Phi) is 5.22. The second-order valence-electron chi connectivity index (χ2n) is 2.83. The average molecular weight is 144 g/mol. The lowest BCUT2D eigenvalue weighted by molar-refractivity contribution is -0.112. The molecule has 0 saturated heterocycles. The number of carbonyl (C=O) groups excluding carboxylic acids is 1. The van der Waals surface area contributed by atoms with Crippen LogP contribution in [0.3, 0.4) is 0 Å². The van der Waals surface area contributed by atoms with Gasteiger partial charge in [-0.1, -0.05) is 20.3 Å². The molecule has 0 aromatic heterocycles. The van der Waals surface area contributed by atoms with E-state index in [0.29, 0.717) is 5.92 Å². The lowest BCUT2D eigenvalue weighted by Crippen LogP contribution is -2.11. The van der Waals surface area contributed by atoms with Gasteiger partial charge in [-0.3, -0.25) is 0 Å². The number of aldehydes is 1. The van der Waals surface area contributed by atoms with Crippen LogP contribution in [0, 0.1) is 11.8 Å². The summed E-state index contributed by atoms with van der Waals surface area (Å²) in [5.41, 5.74) is 0. The standard InChI is InChI=1S/C8H16O2/c1-3-7(2)4-8(5-9)6-10/h5,7-8,10H,3-4,6H2,1-2H3. The Morgan fingerprint density at radius 1 is 1.60 bits per heavy atom. The molecule has 0 amide bonds. The van der Waals surface area contributed by atoms with Crippen molar-refractivity contribution in [1.29, 1.82) is 0 Å². The molecule has 0 spiro atoms. The normalized spacial score (nSPS) is 16.3. The van der Waals surface area contributed by atoms with Crippen molar-refractivity contribution in [2.75, 3.05) is 6.61 Å². The fourth-order valence-corrected chi connectivity index (χ4v) is 0.857. The first-order valence-corrected chi connectivity index (χ1v) is 3.80. The number of rotatable bonds is 5. The highest BCUT2D eigenvalue weighted by Crippen LogP contribution is 2.12.